The molecule has 2 aromatic carbocycles. The van der Waals surface area contributed by atoms with Gasteiger partial charge in [-0.25, -0.2) is 0 Å². The topological polar surface area (TPSA) is 67.8 Å². The van der Waals surface area contributed by atoms with Crippen LogP contribution in [0.25, 0.3) is 0 Å². The van der Waals surface area contributed by atoms with Crippen LogP contribution in [-0.4, -0.2) is 24.4 Å². The number of hydrogen-bond acceptors (Lipinski definition) is 4. The molecule has 0 fully saturated rings. The van der Waals surface area contributed by atoms with Gasteiger partial charge in [-0.3, -0.25) is 4.79 Å². The van der Waals surface area contributed by atoms with Gasteiger partial charge in [0.2, 0.25) is 6.79 Å². The molecular weight excluding hydrogens is 282 g/mol. The first-order chi connectivity index (χ1) is 10.7. The number of benzene rings is 2. The zero-order valence-corrected chi connectivity index (χ0v) is 12.0. The maximum Gasteiger partial charge on any atom is 0.251 e. The highest BCUT2D eigenvalue weighted by atomic mass is 16.7. The third-order valence-corrected chi connectivity index (χ3v) is 3.50. The van der Waals surface area contributed by atoms with Crippen molar-refractivity contribution < 1.29 is 19.4 Å². The number of amides is 1. The van der Waals surface area contributed by atoms with Crippen LogP contribution < -0.4 is 14.8 Å². The molecule has 5 heteroatoms. The number of carbonyl (C=O) groups excluding carboxylic acids is 1. The lowest BCUT2D eigenvalue weighted by Gasteiger charge is -2.06. The Labute approximate surface area is 128 Å². The van der Waals surface area contributed by atoms with E-state index in [1.165, 1.54) is 0 Å². The Bertz CT molecular complexity index is 667. The fraction of sp³-hybridized carbons (Fsp3) is 0.235. The fourth-order valence-electron chi connectivity index (χ4n) is 2.30. The van der Waals surface area contributed by atoms with Gasteiger partial charge >= 0.3 is 0 Å². The number of nitrogens with one attached hydrogen (secondary N) is 1. The lowest BCUT2D eigenvalue weighted by atomic mass is 10.1. The van der Waals surface area contributed by atoms with Gasteiger partial charge in [-0.1, -0.05) is 12.1 Å². The van der Waals surface area contributed by atoms with Crippen molar-refractivity contribution in [1.29, 1.82) is 0 Å². The third-order valence-electron chi connectivity index (χ3n) is 3.50. The molecule has 0 saturated carbocycles. The zero-order chi connectivity index (χ0) is 15.4. The Hall–Kier alpha value is -2.69. The molecule has 0 atom stereocenters. The average Bonchev–Trinajstić information content (AvgIpc) is 3.00. The highest BCUT2D eigenvalue weighted by Crippen LogP contribution is 2.32. The number of aryl methyl sites for hydroxylation is 1. The molecule has 0 aliphatic carbocycles. The summed E-state index contributed by atoms with van der Waals surface area (Å²) in [5, 5.41) is 12.1. The van der Waals surface area contributed by atoms with Crippen molar-refractivity contribution in [3.8, 4) is 17.2 Å². The Balaban J connectivity index is 1.47. The van der Waals surface area contributed by atoms with Crippen molar-refractivity contribution in [2.45, 2.75) is 12.8 Å². The highest BCUT2D eigenvalue weighted by Gasteiger charge is 2.15. The summed E-state index contributed by atoms with van der Waals surface area (Å²) in [5.41, 5.74) is 1.70. The molecule has 1 aliphatic rings. The number of ether oxygens (including phenoxy) is 2. The number of rotatable bonds is 5. The zero-order valence-electron chi connectivity index (χ0n) is 12.0. The Morgan fingerprint density at radius 1 is 1.09 bits per heavy atom. The summed E-state index contributed by atoms with van der Waals surface area (Å²) in [6.07, 6.45) is 1.68. The van der Waals surface area contributed by atoms with Crippen molar-refractivity contribution in [3.63, 3.8) is 0 Å². The average molecular weight is 299 g/mol. The SMILES string of the molecule is O=C(NCCCc1ccc(O)cc1)c1ccc2c(c1)OCO2. The molecule has 1 aliphatic heterocycles. The molecule has 1 heterocycles. The van der Waals surface area contributed by atoms with E-state index in [2.05, 4.69) is 5.32 Å². The van der Waals surface area contributed by atoms with Gasteiger partial charge in [0.15, 0.2) is 11.5 Å². The highest BCUT2D eigenvalue weighted by molar-refractivity contribution is 5.94. The van der Waals surface area contributed by atoms with E-state index in [0.29, 0.717) is 23.6 Å². The number of carbonyl (C=O) groups is 1. The number of hydrogen-bond donors (Lipinski definition) is 2. The largest absolute Gasteiger partial charge is 0.508 e. The molecule has 0 saturated heterocycles. The molecule has 0 spiro atoms. The Morgan fingerprint density at radius 3 is 2.68 bits per heavy atom. The van der Waals surface area contributed by atoms with Crippen LogP contribution in [0.1, 0.15) is 22.3 Å². The molecule has 5 nitrogen and oxygen atoms in total. The molecule has 0 bridgehead atoms. The van der Waals surface area contributed by atoms with E-state index < -0.39 is 0 Å². The van der Waals surface area contributed by atoms with Crippen molar-refractivity contribution in [2.24, 2.45) is 0 Å². The standard InChI is InChI=1S/C17H17NO4/c19-14-6-3-12(4-7-14)2-1-9-18-17(20)13-5-8-15-16(10-13)22-11-21-15/h3-8,10,19H,1-2,9,11H2,(H,18,20). The summed E-state index contributed by atoms with van der Waals surface area (Å²) in [7, 11) is 0. The van der Waals surface area contributed by atoms with Crippen molar-refractivity contribution in [1.82, 2.24) is 5.32 Å². The van der Waals surface area contributed by atoms with Gasteiger partial charge in [0.25, 0.3) is 5.91 Å². The lowest BCUT2D eigenvalue weighted by molar-refractivity contribution is 0.0952. The van der Waals surface area contributed by atoms with E-state index in [9.17, 15) is 9.90 Å². The number of aromatic hydroxyl groups is 1. The molecule has 3 rings (SSSR count). The third kappa shape index (κ3) is 3.31. The van der Waals surface area contributed by atoms with E-state index >= 15 is 0 Å². The summed E-state index contributed by atoms with van der Waals surface area (Å²) in [6, 6.07) is 12.3. The van der Waals surface area contributed by atoms with Gasteiger partial charge < -0.3 is 19.9 Å². The molecule has 2 N–H and O–H groups in total. The van der Waals surface area contributed by atoms with Crippen LogP contribution in [0.2, 0.25) is 0 Å². The van der Waals surface area contributed by atoms with Crippen LogP contribution in [-0.2, 0) is 6.42 Å². The van der Waals surface area contributed by atoms with Gasteiger partial charge in [0, 0.05) is 12.1 Å². The first-order valence-electron chi connectivity index (χ1n) is 7.18. The van der Waals surface area contributed by atoms with Gasteiger partial charge in [-0.05, 0) is 48.7 Å². The molecule has 22 heavy (non-hydrogen) atoms. The molecule has 0 aromatic heterocycles. The van der Waals surface area contributed by atoms with Crippen molar-refractivity contribution >= 4 is 5.91 Å². The number of phenolic OH excluding ortho intramolecular Hbond substituents is 1. The van der Waals surface area contributed by atoms with Gasteiger partial charge in [-0.2, -0.15) is 0 Å². The van der Waals surface area contributed by atoms with Crippen molar-refractivity contribution in [3.05, 3.63) is 53.6 Å². The fourth-order valence-corrected chi connectivity index (χ4v) is 2.30. The first-order valence-corrected chi connectivity index (χ1v) is 7.18. The summed E-state index contributed by atoms with van der Waals surface area (Å²) in [6.45, 7) is 0.793. The first kappa shape index (κ1) is 14.3. The smallest absolute Gasteiger partial charge is 0.251 e. The minimum atomic E-state index is -0.121. The van der Waals surface area contributed by atoms with Crippen LogP contribution >= 0.6 is 0 Å². The van der Waals surface area contributed by atoms with Crippen LogP contribution in [0.3, 0.4) is 0 Å². The van der Waals surface area contributed by atoms with Crippen molar-refractivity contribution in [2.75, 3.05) is 13.3 Å². The second-order valence-corrected chi connectivity index (χ2v) is 5.09. The molecular formula is C17H17NO4. The van der Waals surface area contributed by atoms with Crippen LogP contribution in [0.4, 0.5) is 0 Å². The van der Waals surface area contributed by atoms with Gasteiger partial charge in [0.05, 0.1) is 0 Å². The summed E-state index contributed by atoms with van der Waals surface area (Å²) in [4.78, 5) is 12.1. The van der Waals surface area contributed by atoms with Gasteiger partial charge in [0.1, 0.15) is 5.75 Å². The predicted octanol–water partition coefficient (Wildman–Crippen LogP) is 2.48. The molecule has 1 amide bonds. The molecule has 2 aromatic rings. The van der Waals surface area contributed by atoms with E-state index in [0.717, 1.165) is 18.4 Å². The second kappa shape index (κ2) is 6.39. The van der Waals surface area contributed by atoms with E-state index in [1.807, 2.05) is 12.1 Å². The van der Waals surface area contributed by atoms with E-state index in [4.69, 9.17) is 9.47 Å². The van der Waals surface area contributed by atoms with E-state index in [-0.39, 0.29) is 18.4 Å². The summed E-state index contributed by atoms with van der Waals surface area (Å²) in [5.74, 6) is 1.42. The second-order valence-electron chi connectivity index (χ2n) is 5.09. The maximum atomic E-state index is 12.1. The molecule has 0 radical (unpaired) electrons. The molecule has 114 valence electrons. The van der Waals surface area contributed by atoms with Gasteiger partial charge in [-0.15, -0.1) is 0 Å². The maximum absolute atomic E-state index is 12.1. The minimum absolute atomic E-state index is 0.121. The van der Waals surface area contributed by atoms with E-state index in [1.54, 1.807) is 30.3 Å². The Morgan fingerprint density at radius 2 is 1.86 bits per heavy atom. The normalized spacial score (nSPS) is 12.2. The summed E-state index contributed by atoms with van der Waals surface area (Å²) < 4.78 is 10.5. The number of phenols is 1. The number of fused-ring (bicyclic) bond motifs is 1. The monoisotopic (exact) mass is 299 g/mol. The Kier molecular flexibility index (Phi) is 4.14. The lowest BCUT2D eigenvalue weighted by Crippen LogP contribution is -2.24. The summed E-state index contributed by atoms with van der Waals surface area (Å²) >= 11 is 0. The predicted molar refractivity (Wildman–Crippen MR) is 81.3 cm³/mol. The van der Waals surface area contributed by atoms with Crippen LogP contribution in [0, 0.1) is 0 Å². The molecule has 0 unspecified atom stereocenters. The van der Waals surface area contributed by atoms with Crippen LogP contribution in [0.5, 0.6) is 17.2 Å². The van der Waals surface area contributed by atoms with Crippen LogP contribution in [0.15, 0.2) is 42.5 Å². The minimum Gasteiger partial charge on any atom is -0.508 e. The quantitative estimate of drug-likeness (QED) is 0.832.